The quantitative estimate of drug-likeness (QED) is 0.378. The molecular weight excluding hydrogens is 480 g/mol. The zero-order valence-electron chi connectivity index (χ0n) is 20.9. The fraction of sp³-hybridized carbons (Fsp3) is 0.333. The molecule has 1 aromatic heterocycles. The Kier molecular flexibility index (Phi) is 8.88. The maximum Gasteiger partial charge on any atom is 0.248 e. The molecule has 0 unspecified atom stereocenters. The van der Waals surface area contributed by atoms with Crippen LogP contribution in [-0.2, 0) is 14.4 Å². The largest absolute Gasteiger partial charge is 0.360 e. The van der Waals surface area contributed by atoms with E-state index in [1.807, 2.05) is 26.8 Å². The molecule has 0 radical (unpaired) electrons. The third-order valence-electron chi connectivity index (χ3n) is 5.82. The maximum atomic E-state index is 13.7. The second-order valence-corrected chi connectivity index (χ2v) is 9.53. The van der Waals surface area contributed by atoms with E-state index in [9.17, 15) is 14.4 Å². The Morgan fingerprint density at radius 2 is 1.72 bits per heavy atom. The summed E-state index contributed by atoms with van der Waals surface area (Å²) in [6.07, 6.45) is 0.448. The van der Waals surface area contributed by atoms with Crippen LogP contribution in [0.15, 0.2) is 65.2 Å². The standard InChI is InChI=1S/C27H31ClN4O4/c1-5-27(3,4)30-26(35)25(20-13-9-10-14-21(20)28)32(19-11-7-6-8-12-19)24(34)16-15-23(33)29-22-17-18(2)36-31-22/h6-14,17,25H,5,15-16H2,1-4H3,(H,30,35)(H,29,31,33)/t25-/m1/s1. The van der Waals surface area contributed by atoms with Gasteiger partial charge < -0.3 is 15.2 Å². The molecule has 1 atom stereocenters. The van der Waals surface area contributed by atoms with E-state index in [0.717, 1.165) is 0 Å². The summed E-state index contributed by atoms with van der Waals surface area (Å²) >= 11 is 6.53. The Balaban J connectivity index is 1.94. The molecule has 3 amide bonds. The molecule has 1 heterocycles. The van der Waals surface area contributed by atoms with E-state index < -0.39 is 23.4 Å². The highest BCUT2D eigenvalue weighted by molar-refractivity contribution is 6.31. The predicted octanol–water partition coefficient (Wildman–Crippen LogP) is 5.43. The smallest absolute Gasteiger partial charge is 0.248 e. The SMILES string of the molecule is CCC(C)(C)NC(=O)[C@@H](c1ccccc1Cl)N(C(=O)CCC(=O)Nc1cc(C)on1)c1ccccc1. The van der Waals surface area contributed by atoms with Crippen LogP contribution in [0.25, 0.3) is 0 Å². The highest BCUT2D eigenvalue weighted by Crippen LogP contribution is 2.33. The number of benzene rings is 2. The molecule has 190 valence electrons. The molecule has 36 heavy (non-hydrogen) atoms. The summed E-state index contributed by atoms with van der Waals surface area (Å²) in [4.78, 5) is 41.3. The van der Waals surface area contributed by atoms with Crippen molar-refractivity contribution in [1.29, 1.82) is 0 Å². The number of halogens is 1. The number of carbonyl (C=O) groups excluding carboxylic acids is 3. The molecule has 8 nitrogen and oxygen atoms in total. The van der Waals surface area contributed by atoms with Crippen LogP contribution in [0.3, 0.4) is 0 Å². The monoisotopic (exact) mass is 510 g/mol. The number of aryl methyl sites for hydroxylation is 1. The van der Waals surface area contributed by atoms with Crippen molar-refractivity contribution in [2.45, 2.75) is 58.5 Å². The second-order valence-electron chi connectivity index (χ2n) is 9.12. The number of para-hydroxylation sites is 1. The molecule has 0 saturated carbocycles. The zero-order chi connectivity index (χ0) is 26.3. The minimum Gasteiger partial charge on any atom is -0.360 e. The lowest BCUT2D eigenvalue weighted by atomic mass is 9.98. The molecule has 0 spiro atoms. The van der Waals surface area contributed by atoms with E-state index in [0.29, 0.717) is 28.5 Å². The number of carbonyl (C=O) groups is 3. The van der Waals surface area contributed by atoms with E-state index in [2.05, 4.69) is 15.8 Å². The number of anilines is 2. The van der Waals surface area contributed by atoms with E-state index in [-0.39, 0.29) is 24.6 Å². The van der Waals surface area contributed by atoms with Gasteiger partial charge in [-0.1, -0.05) is 60.1 Å². The molecule has 0 saturated heterocycles. The summed E-state index contributed by atoms with van der Waals surface area (Å²) in [6, 6.07) is 16.4. The van der Waals surface area contributed by atoms with Gasteiger partial charge in [-0.05, 0) is 45.4 Å². The van der Waals surface area contributed by atoms with E-state index in [4.69, 9.17) is 16.1 Å². The minimum atomic E-state index is -1.04. The van der Waals surface area contributed by atoms with Gasteiger partial charge in [-0.15, -0.1) is 0 Å². The van der Waals surface area contributed by atoms with Crippen LogP contribution < -0.4 is 15.5 Å². The Morgan fingerprint density at radius 3 is 2.33 bits per heavy atom. The van der Waals surface area contributed by atoms with Gasteiger partial charge in [-0.25, -0.2) is 0 Å². The Labute approximate surface area is 216 Å². The maximum absolute atomic E-state index is 13.7. The van der Waals surface area contributed by atoms with Gasteiger partial charge in [0.2, 0.25) is 17.7 Å². The van der Waals surface area contributed by atoms with Gasteiger partial charge in [0.15, 0.2) is 5.82 Å². The summed E-state index contributed by atoms with van der Waals surface area (Å²) in [5, 5.41) is 9.76. The summed E-state index contributed by atoms with van der Waals surface area (Å²) in [7, 11) is 0. The zero-order valence-corrected chi connectivity index (χ0v) is 21.6. The third kappa shape index (κ3) is 6.95. The van der Waals surface area contributed by atoms with Crippen molar-refractivity contribution >= 4 is 40.8 Å². The topological polar surface area (TPSA) is 105 Å². The van der Waals surface area contributed by atoms with E-state index in [1.54, 1.807) is 61.5 Å². The molecule has 0 aliphatic rings. The van der Waals surface area contributed by atoms with Crippen molar-refractivity contribution in [2.24, 2.45) is 0 Å². The molecular formula is C27H31ClN4O4. The lowest BCUT2D eigenvalue weighted by molar-refractivity contribution is -0.128. The van der Waals surface area contributed by atoms with Crippen molar-refractivity contribution in [3.8, 4) is 0 Å². The van der Waals surface area contributed by atoms with Gasteiger partial charge >= 0.3 is 0 Å². The third-order valence-corrected chi connectivity index (χ3v) is 6.16. The minimum absolute atomic E-state index is 0.106. The number of aromatic nitrogens is 1. The normalized spacial score (nSPS) is 12.0. The van der Waals surface area contributed by atoms with E-state index in [1.165, 1.54) is 4.90 Å². The first-order valence-corrected chi connectivity index (χ1v) is 12.2. The van der Waals surface area contributed by atoms with Gasteiger partial charge in [0, 0.05) is 40.7 Å². The molecule has 3 rings (SSSR count). The fourth-order valence-corrected chi connectivity index (χ4v) is 3.82. The average Bonchev–Trinajstić information content (AvgIpc) is 3.26. The first-order valence-electron chi connectivity index (χ1n) is 11.8. The van der Waals surface area contributed by atoms with Gasteiger partial charge in [-0.3, -0.25) is 19.3 Å². The number of hydrogen-bond donors (Lipinski definition) is 2. The van der Waals surface area contributed by atoms with Gasteiger partial charge in [0.1, 0.15) is 11.8 Å². The van der Waals surface area contributed by atoms with E-state index >= 15 is 0 Å². The number of hydrogen-bond acceptors (Lipinski definition) is 5. The number of nitrogens with zero attached hydrogens (tertiary/aromatic N) is 2. The lowest BCUT2D eigenvalue weighted by Gasteiger charge is -2.35. The molecule has 0 fully saturated rings. The first kappa shape index (κ1) is 26.9. The Bertz CT molecular complexity index is 1210. The summed E-state index contributed by atoms with van der Waals surface area (Å²) in [5.74, 6) is -0.326. The van der Waals surface area contributed by atoms with Crippen LogP contribution in [0.1, 0.15) is 57.4 Å². The van der Waals surface area contributed by atoms with Gasteiger partial charge in [0.25, 0.3) is 0 Å². The summed E-state index contributed by atoms with van der Waals surface area (Å²) in [5.41, 5.74) is 0.505. The molecule has 9 heteroatoms. The average molecular weight is 511 g/mol. The summed E-state index contributed by atoms with van der Waals surface area (Å²) < 4.78 is 4.96. The van der Waals surface area contributed by atoms with Crippen LogP contribution in [0.5, 0.6) is 0 Å². The number of rotatable bonds is 10. The Hall–Kier alpha value is -3.65. The fourth-order valence-electron chi connectivity index (χ4n) is 3.58. The van der Waals surface area contributed by atoms with Crippen LogP contribution in [0.2, 0.25) is 5.02 Å². The number of nitrogens with one attached hydrogen (secondary N) is 2. The van der Waals surface area contributed by atoms with Crippen molar-refractivity contribution in [3.63, 3.8) is 0 Å². The van der Waals surface area contributed by atoms with Crippen molar-refractivity contribution in [2.75, 3.05) is 10.2 Å². The molecule has 0 aliphatic carbocycles. The highest BCUT2D eigenvalue weighted by Gasteiger charge is 2.36. The second kappa shape index (κ2) is 11.9. The molecule has 0 aliphatic heterocycles. The van der Waals surface area contributed by atoms with Crippen LogP contribution in [0, 0.1) is 6.92 Å². The lowest BCUT2D eigenvalue weighted by Crippen LogP contribution is -2.50. The van der Waals surface area contributed by atoms with Crippen molar-refractivity contribution in [1.82, 2.24) is 10.5 Å². The molecule has 2 N–H and O–H groups in total. The molecule has 2 aromatic carbocycles. The van der Waals surface area contributed by atoms with Crippen molar-refractivity contribution < 1.29 is 18.9 Å². The Morgan fingerprint density at radius 1 is 1.06 bits per heavy atom. The van der Waals surface area contributed by atoms with Crippen LogP contribution >= 0.6 is 11.6 Å². The summed E-state index contributed by atoms with van der Waals surface area (Å²) in [6.45, 7) is 7.52. The first-order chi connectivity index (χ1) is 17.1. The molecule has 3 aromatic rings. The van der Waals surface area contributed by atoms with Gasteiger partial charge in [0.05, 0.1) is 0 Å². The van der Waals surface area contributed by atoms with Crippen molar-refractivity contribution in [3.05, 3.63) is 77.0 Å². The highest BCUT2D eigenvalue weighted by atomic mass is 35.5. The van der Waals surface area contributed by atoms with Crippen LogP contribution in [0.4, 0.5) is 11.5 Å². The van der Waals surface area contributed by atoms with Crippen LogP contribution in [-0.4, -0.2) is 28.4 Å². The number of amides is 3. The van der Waals surface area contributed by atoms with Gasteiger partial charge in [-0.2, -0.15) is 0 Å². The molecule has 0 bridgehead atoms. The predicted molar refractivity (Wildman–Crippen MR) is 140 cm³/mol.